The van der Waals surface area contributed by atoms with Gasteiger partial charge in [0.05, 0.1) is 0 Å². The molecule has 0 aliphatic carbocycles. The fourth-order valence-corrected chi connectivity index (χ4v) is 3.16. The Morgan fingerprint density at radius 2 is 1.71 bits per heavy atom. The predicted octanol–water partition coefficient (Wildman–Crippen LogP) is 1.47. The maximum atomic E-state index is 13.8. The van der Waals surface area contributed by atoms with Gasteiger partial charge in [0, 0.05) is 32.7 Å². The number of carbonyl (C=O) groups excluding carboxylic acids is 2. The first kappa shape index (κ1) is 22.2. The largest absolute Gasteiger partial charge is 0.354 e. The predicted molar refractivity (Wildman–Crippen MR) is 104 cm³/mol. The van der Waals surface area contributed by atoms with E-state index in [-0.39, 0.29) is 11.8 Å². The second kappa shape index (κ2) is 10.5. The lowest BCUT2D eigenvalue weighted by Gasteiger charge is -2.32. The van der Waals surface area contributed by atoms with E-state index in [0.29, 0.717) is 6.54 Å². The number of nitrogens with one attached hydrogen (secondary N) is 2. The minimum atomic E-state index is -0.951. The van der Waals surface area contributed by atoms with Gasteiger partial charge in [0.25, 0.3) is 5.91 Å². The highest BCUT2D eigenvalue weighted by Gasteiger charge is 2.27. The number of nitrogens with zero attached hydrogens (tertiary/aromatic N) is 2. The normalized spacial score (nSPS) is 16.8. The summed E-state index contributed by atoms with van der Waals surface area (Å²) in [4.78, 5) is 29.4. The second-order valence-electron chi connectivity index (χ2n) is 7.58. The van der Waals surface area contributed by atoms with Gasteiger partial charge in [-0.3, -0.25) is 9.59 Å². The Hall–Kier alpha value is -2.06. The van der Waals surface area contributed by atoms with Crippen LogP contribution < -0.4 is 10.6 Å². The molecular formula is C20H30F2N4O2. The standard InChI is InChI=1S/C20H30F2N4O2/c1-14(2)18(24-19(27)17-15(21)6-4-7-16(17)22)20(28)23-8-5-9-26-12-10-25(3)11-13-26/h4,6-7,14,18H,5,8-13H2,1-3H3,(H,23,28)(H,24,27). The molecule has 1 fully saturated rings. The van der Waals surface area contributed by atoms with Gasteiger partial charge in [-0.15, -0.1) is 0 Å². The summed E-state index contributed by atoms with van der Waals surface area (Å²) in [7, 11) is 2.10. The third kappa shape index (κ3) is 6.24. The van der Waals surface area contributed by atoms with Gasteiger partial charge in [0.2, 0.25) is 5.91 Å². The fraction of sp³-hybridized carbons (Fsp3) is 0.600. The molecule has 1 atom stereocenters. The van der Waals surface area contributed by atoms with Crippen molar-refractivity contribution in [3.63, 3.8) is 0 Å². The van der Waals surface area contributed by atoms with Crippen molar-refractivity contribution >= 4 is 11.8 Å². The van der Waals surface area contributed by atoms with Crippen LogP contribution in [-0.4, -0.2) is 74.0 Å². The molecule has 0 saturated carbocycles. The van der Waals surface area contributed by atoms with Crippen LogP contribution in [0.3, 0.4) is 0 Å². The third-order valence-corrected chi connectivity index (χ3v) is 4.97. The molecule has 1 aromatic carbocycles. The molecule has 2 amide bonds. The summed E-state index contributed by atoms with van der Waals surface area (Å²) in [6, 6.07) is 2.35. The first-order valence-electron chi connectivity index (χ1n) is 9.73. The van der Waals surface area contributed by atoms with E-state index in [1.807, 2.05) is 0 Å². The van der Waals surface area contributed by atoms with Crippen LogP contribution in [0.4, 0.5) is 8.78 Å². The summed E-state index contributed by atoms with van der Waals surface area (Å²) in [6.45, 7) is 9.04. The molecule has 1 heterocycles. The number of hydrogen-bond acceptors (Lipinski definition) is 4. The Morgan fingerprint density at radius 1 is 1.11 bits per heavy atom. The Bertz CT molecular complexity index is 656. The first-order chi connectivity index (χ1) is 13.3. The molecule has 8 heteroatoms. The number of rotatable bonds is 8. The van der Waals surface area contributed by atoms with Crippen LogP contribution in [0.5, 0.6) is 0 Å². The zero-order valence-electron chi connectivity index (χ0n) is 16.8. The van der Waals surface area contributed by atoms with Crippen LogP contribution in [-0.2, 0) is 4.79 Å². The molecule has 1 aliphatic heterocycles. The molecule has 28 heavy (non-hydrogen) atoms. The van der Waals surface area contributed by atoms with Crippen LogP contribution >= 0.6 is 0 Å². The lowest BCUT2D eigenvalue weighted by molar-refractivity contribution is -0.123. The number of likely N-dealkylation sites (N-methyl/N-ethyl adjacent to an activating group) is 1. The highest BCUT2D eigenvalue weighted by molar-refractivity contribution is 5.98. The Morgan fingerprint density at radius 3 is 2.29 bits per heavy atom. The van der Waals surface area contributed by atoms with Crippen molar-refractivity contribution in [3.05, 3.63) is 35.4 Å². The van der Waals surface area contributed by atoms with Crippen molar-refractivity contribution in [2.45, 2.75) is 26.3 Å². The maximum absolute atomic E-state index is 13.8. The summed E-state index contributed by atoms with van der Waals surface area (Å²) < 4.78 is 27.6. The van der Waals surface area contributed by atoms with E-state index in [1.165, 1.54) is 6.07 Å². The topological polar surface area (TPSA) is 64.7 Å². The molecule has 0 aromatic heterocycles. The lowest BCUT2D eigenvalue weighted by atomic mass is 10.0. The molecule has 1 aliphatic rings. The molecule has 0 radical (unpaired) electrons. The van der Waals surface area contributed by atoms with Gasteiger partial charge in [0.15, 0.2) is 0 Å². The van der Waals surface area contributed by atoms with Crippen molar-refractivity contribution in [2.75, 3.05) is 46.3 Å². The zero-order chi connectivity index (χ0) is 20.7. The van der Waals surface area contributed by atoms with Crippen molar-refractivity contribution in [1.82, 2.24) is 20.4 Å². The minimum absolute atomic E-state index is 0.226. The Labute approximate surface area is 165 Å². The molecule has 6 nitrogen and oxygen atoms in total. The number of piperazine rings is 1. The van der Waals surface area contributed by atoms with Crippen LogP contribution in [0.25, 0.3) is 0 Å². The van der Waals surface area contributed by atoms with Gasteiger partial charge in [-0.2, -0.15) is 0 Å². The fourth-order valence-electron chi connectivity index (χ4n) is 3.16. The monoisotopic (exact) mass is 396 g/mol. The summed E-state index contributed by atoms with van der Waals surface area (Å²) in [6.07, 6.45) is 0.802. The summed E-state index contributed by atoms with van der Waals surface area (Å²) in [5, 5.41) is 5.28. The summed E-state index contributed by atoms with van der Waals surface area (Å²) in [5.74, 6) is -3.41. The van der Waals surface area contributed by atoms with Crippen molar-refractivity contribution < 1.29 is 18.4 Å². The molecule has 2 N–H and O–H groups in total. The molecule has 0 bridgehead atoms. The van der Waals surface area contributed by atoms with E-state index in [4.69, 9.17) is 0 Å². The molecule has 1 saturated heterocycles. The van der Waals surface area contributed by atoms with E-state index < -0.39 is 29.1 Å². The molecule has 0 spiro atoms. The van der Waals surface area contributed by atoms with Crippen LogP contribution in [0.2, 0.25) is 0 Å². The number of amides is 2. The van der Waals surface area contributed by atoms with Crippen LogP contribution in [0.1, 0.15) is 30.6 Å². The molecule has 1 aromatic rings. The van der Waals surface area contributed by atoms with E-state index in [9.17, 15) is 18.4 Å². The van der Waals surface area contributed by atoms with Crippen molar-refractivity contribution in [1.29, 1.82) is 0 Å². The average Bonchev–Trinajstić information content (AvgIpc) is 2.64. The van der Waals surface area contributed by atoms with Gasteiger partial charge in [-0.05, 0) is 38.1 Å². The smallest absolute Gasteiger partial charge is 0.257 e. The van der Waals surface area contributed by atoms with Gasteiger partial charge in [-0.25, -0.2) is 8.78 Å². The van der Waals surface area contributed by atoms with Crippen LogP contribution in [0, 0.1) is 17.6 Å². The van der Waals surface area contributed by atoms with E-state index in [0.717, 1.165) is 51.3 Å². The number of halogens is 2. The van der Waals surface area contributed by atoms with Gasteiger partial charge in [0.1, 0.15) is 23.2 Å². The lowest BCUT2D eigenvalue weighted by Crippen LogP contribution is -2.50. The quantitative estimate of drug-likeness (QED) is 0.654. The SMILES string of the molecule is CC(C)C(NC(=O)c1c(F)cccc1F)C(=O)NCCCN1CCN(C)CC1. The van der Waals surface area contributed by atoms with E-state index >= 15 is 0 Å². The Balaban J connectivity index is 1.83. The number of hydrogen-bond donors (Lipinski definition) is 2. The molecule has 1 unspecified atom stereocenters. The molecule has 2 rings (SSSR count). The third-order valence-electron chi connectivity index (χ3n) is 4.97. The van der Waals surface area contributed by atoms with Crippen LogP contribution in [0.15, 0.2) is 18.2 Å². The van der Waals surface area contributed by atoms with Crippen molar-refractivity contribution in [2.24, 2.45) is 5.92 Å². The first-order valence-corrected chi connectivity index (χ1v) is 9.73. The highest BCUT2D eigenvalue weighted by Crippen LogP contribution is 2.13. The number of benzene rings is 1. The number of carbonyl (C=O) groups is 2. The van der Waals surface area contributed by atoms with Gasteiger partial charge >= 0.3 is 0 Å². The highest BCUT2D eigenvalue weighted by atomic mass is 19.1. The second-order valence-corrected chi connectivity index (χ2v) is 7.58. The Kier molecular flexibility index (Phi) is 8.32. The average molecular weight is 396 g/mol. The van der Waals surface area contributed by atoms with Gasteiger partial charge in [-0.1, -0.05) is 19.9 Å². The molecular weight excluding hydrogens is 366 g/mol. The van der Waals surface area contributed by atoms with E-state index in [2.05, 4.69) is 27.5 Å². The van der Waals surface area contributed by atoms with E-state index in [1.54, 1.807) is 13.8 Å². The van der Waals surface area contributed by atoms with Gasteiger partial charge < -0.3 is 20.4 Å². The maximum Gasteiger partial charge on any atom is 0.257 e. The summed E-state index contributed by atoms with van der Waals surface area (Å²) >= 11 is 0. The zero-order valence-corrected chi connectivity index (χ0v) is 16.8. The minimum Gasteiger partial charge on any atom is -0.354 e. The summed E-state index contributed by atoms with van der Waals surface area (Å²) in [5.41, 5.74) is -0.670. The molecule has 156 valence electrons. The van der Waals surface area contributed by atoms with Crippen molar-refractivity contribution in [3.8, 4) is 0 Å².